The summed E-state index contributed by atoms with van der Waals surface area (Å²) in [4.78, 5) is 13.7. The summed E-state index contributed by atoms with van der Waals surface area (Å²) in [6.07, 6.45) is 2.18. The van der Waals surface area contributed by atoms with E-state index in [2.05, 4.69) is 24.5 Å². The summed E-state index contributed by atoms with van der Waals surface area (Å²) < 4.78 is 0. The van der Waals surface area contributed by atoms with E-state index in [9.17, 15) is 4.79 Å². The summed E-state index contributed by atoms with van der Waals surface area (Å²) >= 11 is 0. The first-order valence-electron chi connectivity index (χ1n) is 5.94. The third-order valence-corrected chi connectivity index (χ3v) is 3.24. The van der Waals surface area contributed by atoms with Crippen LogP contribution in [0.3, 0.4) is 0 Å². The molecule has 2 fully saturated rings. The van der Waals surface area contributed by atoms with Crippen LogP contribution in [0.4, 0.5) is 4.79 Å². The van der Waals surface area contributed by atoms with E-state index in [1.54, 1.807) is 0 Å². The van der Waals surface area contributed by atoms with Gasteiger partial charge in [-0.25, -0.2) is 4.79 Å². The molecule has 0 bridgehead atoms. The highest BCUT2D eigenvalue weighted by Gasteiger charge is 2.34. The zero-order chi connectivity index (χ0) is 10.8. The second-order valence-corrected chi connectivity index (χ2v) is 5.07. The lowest BCUT2D eigenvalue weighted by atomic mass is 10.0. The van der Waals surface area contributed by atoms with Gasteiger partial charge in [0.15, 0.2) is 0 Å². The zero-order valence-corrected chi connectivity index (χ0v) is 9.62. The first kappa shape index (κ1) is 10.7. The summed E-state index contributed by atoms with van der Waals surface area (Å²) in [5.74, 6) is 0.650. The van der Waals surface area contributed by atoms with Gasteiger partial charge in [-0.1, -0.05) is 13.8 Å². The molecule has 0 spiro atoms. The van der Waals surface area contributed by atoms with Crippen molar-refractivity contribution in [2.45, 2.75) is 38.8 Å². The van der Waals surface area contributed by atoms with Gasteiger partial charge in [0.1, 0.15) is 0 Å². The third kappa shape index (κ3) is 2.43. The molecule has 0 aliphatic carbocycles. The zero-order valence-electron chi connectivity index (χ0n) is 9.62. The van der Waals surface area contributed by atoms with E-state index in [4.69, 9.17) is 0 Å². The molecule has 2 amide bonds. The molecule has 2 aliphatic rings. The van der Waals surface area contributed by atoms with Gasteiger partial charge in [-0.3, -0.25) is 0 Å². The van der Waals surface area contributed by atoms with Gasteiger partial charge in [0, 0.05) is 25.2 Å². The normalized spacial score (nSPS) is 31.4. The molecule has 0 aromatic rings. The number of carbonyl (C=O) groups excluding carboxylic acids is 1. The fraction of sp³-hybridized carbons (Fsp3) is 0.909. The Morgan fingerprint density at radius 2 is 2.33 bits per heavy atom. The van der Waals surface area contributed by atoms with E-state index in [1.165, 1.54) is 0 Å². The molecule has 2 N–H and O–H groups in total. The van der Waals surface area contributed by atoms with Crippen LogP contribution >= 0.6 is 0 Å². The van der Waals surface area contributed by atoms with Crippen LogP contribution < -0.4 is 10.6 Å². The van der Waals surface area contributed by atoms with E-state index in [0.29, 0.717) is 18.0 Å². The van der Waals surface area contributed by atoms with Crippen LogP contribution in [0, 0.1) is 5.92 Å². The molecule has 2 heterocycles. The molecule has 2 rings (SSSR count). The van der Waals surface area contributed by atoms with Crippen LogP contribution in [0.1, 0.15) is 26.7 Å². The van der Waals surface area contributed by atoms with Crippen LogP contribution in [-0.2, 0) is 0 Å². The van der Waals surface area contributed by atoms with Gasteiger partial charge in [0.25, 0.3) is 0 Å². The van der Waals surface area contributed by atoms with Gasteiger partial charge in [-0.2, -0.15) is 0 Å². The van der Waals surface area contributed by atoms with Gasteiger partial charge >= 0.3 is 6.03 Å². The monoisotopic (exact) mass is 211 g/mol. The number of amides is 2. The molecule has 2 unspecified atom stereocenters. The molecule has 0 saturated carbocycles. The van der Waals surface area contributed by atoms with Crippen molar-refractivity contribution < 1.29 is 4.79 Å². The Morgan fingerprint density at radius 1 is 1.53 bits per heavy atom. The van der Waals surface area contributed by atoms with Crippen molar-refractivity contribution in [3.8, 4) is 0 Å². The summed E-state index contributed by atoms with van der Waals surface area (Å²) in [6, 6.07) is 0.912. The Morgan fingerprint density at radius 3 is 2.93 bits per heavy atom. The largest absolute Gasteiger partial charge is 0.333 e. The molecule has 2 saturated heterocycles. The highest BCUT2D eigenvalue weighted by molar-refractivity contribution is 5.77. The number of hydrogen-bond donors (Lipinski definition) is 2. The van der Waals surface area contributed by atoms with Gasteiger partial charge in [0.05, 0.1) is 0 Å². The lowest BCUT2D eigenvalue weighted by molar-refractivity contribution is 0.201. The quantitative estimate of drug-likeness (QED) is 0.725. The van der Waals surface area contributed by atoms with Crippen molar-refractivity contribution in [3.63, 3.8) is 0 Å². The van der Waals surface area contributed by atoms with Gasteiger partial charge in [-0.05, 0) is 25.3 Å². The molecule has 4 nitrogen and oxygen atoms in total. The average Bonchev–Trinajstić information content (AvgIpc) is 2.72. The molecule has 0 radical (unpaired) electrons. The Bertz CT molecular complexity index is 236. The lowest BCUT2D eigenvalue weighted by Gasteiger charge is -2.21. The highest BCUT2D eigenvalue weighted by Crippen LogP contribution is 2.17. The van der Waals surface area contributed by atoms with E-state index >= 15 is 0 Å². The van der Waals surface area contributed by atoms with E-state index in [0.717, 1.165) is 32.5 Å². The summed E-state index contributed by atoms with van der Waals surface area (Å²) in [5, 5.41) is 6.38. The minimum Gasteiger partial charge on any atom is -0.333 e. The van der Waals surface area contributed by atoms with Crippen LogP contribution in [0.25, 0.3) is 0 Å². The number of rotatable bonds is 3. The smallest absolute Gasteiger partial charge is 0.318 e. The lowest BCUT2D eigenvalue weighted by Crippen LogP contribution is -2.39. The fourth-order valence-corrected chi connectivity index (χ4v) is 2.55. The molecule has 0 aromatic carbocycles. The van der Waals surface area contributed by atoms with Crippen LogP contribution in [0.5, 0.6) is 0 Å². The van der Waals surface area contributed by atoms with E-state index in [1.807, 2.05) is 4.90 Å². The number of nitrogens with zero attached hydrogens (tertiary/aromatic N) is 1. The average molecular weight is 211 g/mol. The van der Waals surface area contributed by atoms with Crippen molar-refractivity contribution in [1.82, 2.24) is 15.5 Å². The van der Waals surface area contributed by atoms with Crippen molar-refractivity contribution in [3.05, 3.63) is 0 Å². The SMILES string of the molecule is CC(C)CC1CN(C2CCNC2)C(=O)N1. The van der Waals surface area contributed by atoms with E-state index < -0.39 is 0 Å². The minimum atomic E-state index is 0.134. The summed E-state index contributed by atoms with van der Waals surface area (Å²) in [6.45, 7) is 7.30. The summed E-state index contributed by atoms with van der Waals surface area (Å²) in [5.41, 5.74) is 0. The maximum atomic E-state index is 11.7. The second kappa shape index (κ2) is 4.39. The van der Waals surface area contributed by atoms with Gasteiger partial charge in [0.2, 0.25) is 0 Å². The third-order valence-electron chi connectivity index (χ3n) is 3.24. The molecule has 15 heavy (non-hydrogen) atoms. The molecule has 2 atom stereocenters. The molecular formula is C11H21N3O. The molecule has 2 aliphatic heterocycles. The van der Waals surface area contributed by atoms with Crippen molar-refractivity contribution in [2.24, 2.45) is 5.92 Å². The van der Waals surface area contributed by atoms with Gasteiger partial charge < -0.3 is 15.5 Å². The molecule has 0 aromatic heterocycles. The number of carbonyl (C=O) groups is 1. The predicted octanol–water partition coefficient (Wildman–Crippen LogP) is 0.788. The van der Waals surface area contributed by atoms with Gasteiger partial charge in [-0.15, -0.1) is 0 Å². The Balaban J connectivity index is 1.89. The van der Waals surface area contributed by atoms with Crippen LogP contribution in [0.2, 0.25) is 0 Å². The van der Waals surface area contributed by atoms with Crippen LogP contribution in [0.15, 0.2) is 0 Å². The highest BCUT2D eigenvalue weighted by atomic mass is 16.2. The maximum Gasteiger partial charge on any atom is 0.318 e. The second-order valence-electron chi connectivity index (χ2n) is 5.07. The van der Waals surface area contributed by atoms with Crippen molar-refractivity contribution in [2.75, 3.05) is 19.6 Å². The van der Waals surface area contributed by atoms with Crippen LogP contribution in [-0.4, -0.2) is 42.6 Å². The number of urea groups is 1. The number of nitrogens with one attached hydrogen (secondary N) is 2. The first-order chi connectivity index (χ1) is 7.16. The Labute approximate surface area is 91.4 Å². The fourth-order valence-electron chi connectivity index (χ4n) is 2.55. The Kier molecular flexibility index (Phi) is 3.14. The topological polar surface area (TPSA) is 44.4 Å². The predicted molar refractivity (Wildman–Crippen MR) is 59.8 cm³/mol. The van der Waals surface area contributed by atoms with E-state index in [-0.39, 0.29) is 6.03 Å². The molecule has 86 valence electrons. The minimum absolute atomic E-state index is 0.134. The Hall–Kier alpha value is -0.770. The standard InChI is InChI=1S/C11H21N3O/c1-8(2)5-9-7-14(11(15)13-9)10-3-4-12-6-10/h8-10,12H,3-7H2,1-2H3,(H,13,15). The summed E-state index contributed by atoms with van der Waals surface area (Å²) in [7, 11) is 0. The van der Waals surface area contributed by atoms with Crippen molar-refractivity contribution in [1.29, 1.82) is 0 Å². The molecule has 4 heteroatoms. The molecular weight excluding hydrogens is 190 g/mol. The van der Waals surface area contributed by atoms with Crippen molar-refractivity contribution >= 4 is 6.03 Å². The first-order valence-corrected chi connectivity index (χ1v) is 5.94. The number of hydrogen-bond acceptors (Lipinski definition) is 2. The maximum absolute atomic E-state index is 11.7.